The Morgan fingerprint density at radius 3 is 2.47 bits per heavy atom. The lowest BCUT2D eigenvalue weighted by Crippen LogP contribution is -2.30. The van der Waals surface area contributed by atoms with Crippen molar-refractivity contribution in [3.63, 3.8) is 0 Å². The molecule has 1 aromatic heterocycles. The number of hydrogen-bond donors (Lipinski definition) is 2. The summed E-state index contributed by atoms with van der Waals surface area (Å²) in [5.41, 5.74) is 0.858. The number of carbonyl (C=O) groups excluding carboxylic acids is 2. The highest BCUT2D eigenvalue weighted by atomic mass is 32.1. The summed E-state index contributed by atoms with van der Waals surface area (Å²) in [6, 6.07) is 14.0. The molecule has 6 nitrogen and oxygen atoms in total. The number of nitrogens with one attached hydrogen (secondary N) is 2. The summed E-state index contributed by atoms with van der Waals surface area (Å²) in [7, 11) is 3.02. The average Bonchev–Trinajstić information content (AvgIpc) is 3.28. The van der Waals surface area contributed by atoms with Gasteiger partial charge in [0.05, 0.1) is 19.1 Å². The molecule has 2 aromatic carbocycles. The first kappa shape index (κ1) is 21.1. The Balaban J connectivity index is 1.93. The van der Waals surface area contributed by atoms with Crippen molar-refractivity contribution >= 4 is 34.9 Å². The first-order valence-electron chi connectivity index (χ1n) is 8.85. The molecule has 30 heavy (non-hydrogen) atoms. The van der Waals surface area contributed by atoms with E-state index in [0.717, 1.165) is 0 Å². The molecule has 0 spiro atoms. The third kappa shape index (κ3) is 5.24. The van der Waals surface area contributed by atoms with Gasteiger partial charge in [-0.05, 0) is 53.4 Å². The number of halogens is 1. The zero-order chi connectivity index (χ0) is 21.5. The molecule has 8 heteroatoms. The second kappa shape index (κ2) is 9.71. The van der Waals surface area contributed by atoms with Crippen LogP contribution in [0.5, 0.6) is 11.5 Å². The number of hydrogen-bond acceptors (Lipinski definition) is 5. The van der Waals surface area contributed by atoms with E-state index in [1.165, 1.54) is 49.8 Å². The van der Waals surface area contributed by atoms with Crippen LogP contribution in [0.3, 0.4) is 0 Å². The van der Waals surface area contributed by atoms with Crippen LogP contribution >= 0.6 is 11.3 Å². The number of benzene rings is 2. The largest absolute Gasteiger partial charge is 0.493 e. The van der Waals surface area contributed by atoms with Crippen molar-refractivity contribution in [3.8, 4) is 11.5 Å². The lowest BCUT2D eigenvalue weighted by Gasteiger charge is -2.12. The molecule has 0 atom stereocenters. The van der Waals surface area contributed by atoms with E-state index in [1.807, 2.05) is 0 Å². The Morgan fingerprint density at radius 1 is 1.00 bits per heavy atom. The van der Waals surface area contributed by atoms with E-state index < -0.39 is 17.6 Å². The average molecular weight is 426 g/mol. The van der Waals surface area contributed by atoms with Crippen LogP contribution in [0.2, 0.25) is 0 Å². The molecule has 154 valence electrons. The van der Waals surface area contributed by atoms with Crippen LogP contribution in [0.1, 0.15) is 15.2 Å². The van der Waals surface area contributed by atoms with Crippen LogP contribution in [0, 0.1) is 5.82 Å². The number of carbonyl (C=O) groups is 2. The number of rotatable bonds is 7. The number of anilines is 1. The normalized spacial score (nSPS) is 11.0. The Kier molecular flexibility index (Phi) is 6.82. The van der Waals surface area contributed by atoms with Gasteiger partial charge in [0.25, 0.3) is 11.8 Å². The minimum Gasteiger partial charge on any atom is -0.493 e. The van der Waals surface area contributed by atoms with Gasteiger partial charge in [0.1, 0.15) is 11.5 Å². The molecule has 0 aliphatic heterocycles. The molecular weight excluding hydrogens is 407 g/mol. The minimum absolute atomic E-state index is 0.00937. The number of thiophene rings is 1. The summed E-state index contributed by atoms with van der Waals surface area (Å²) in [6.07, 6.45) is 1.50. The van der Waals surface area contributed by atoms with Gasteiger partial charge in [-0.3, -0.25) is 9.59 Å². The topological polar surface area (TPSA) is 76.7 Å². The number of methoxy groups -OCH3 is 2. The van der Waals surface area contributed by atoms with Gasteiger partial charge < -0.3 is 20.1 Å². The van der Waals surface area contributed by atoms with Crippen molar-refractivity contribution in [2.75, 3.05) is 19.5 Å². The number of ether oxygens (including phenoxy) is 2. The summed E-state index contributed by atoms with van der Waals surface area (Å²) in [6.45, 7) is 0. The Bertz CT molecular complexity index is 1080. The molecule has 0 aliphatic carbocycles. The van der Waals surface area contributed by atoms with Crippen molar-refractivity contribution in [2.45, 2.75) is 0 Å². The first-order valence-corrected chi connectivity index (χ1v) is 9.73. The molecular formula is C22H19FN2O4S. The summed E-state index contributed by atoms with van der Waals surface area (Å²) in [4.78, 5) is 25.8. The molecule has 0 radical (unpaired) electrons. The summed E-state index contributed by atoms with van der Waals surface area (Å²) < 4.78 is 24.0. The molecule has 1 heterocycles. The van der Waals surface area contributed by atoms with E-state index in [2.05, 4.69) is 10.6 Å². The fourth-order valence-electron chi connectivity index (χ4n) is 2.62. The van der Waals surface area contributed by atoms with Gasteiger partial charge >= 0.3 is 0 Å². The standard InChI is InChI=1S/C22H19FN2O4S/c1-28-18-9-8-14(12-19(18)29-2)11-17(25-22(27)20-7-4-10-30-20)21(26)24-16-6-3-5-15(23)13-16/h3-13H,1-2H3,(H,24,26)(H,25,27)/b17-11+. The monoisotopic (exact) mass is 426 g/mol. The fraction of sp³-hybridized carbons (Fsp3) is 0.0909. The molecule has 3 rings (SSSR count). The Morgan fingerprint density at radius 2 is 1.80 bits per heavy atom. The van der Waals surface area contributed by atoms with E-state index in [-0.39, 0.29) is 11.4 Å². The van der Waals surface area contributed by atoms with Crippen LogP contribution in [0.4, 0.5) is 10.1 Å². The first-order chi connectivity index (χ1) is 14.5. The molecule has 0 saturated heterocycles. The van der Waals surface area contributed by atoms with Crippen molar-refractivity contribution in [3.05, 3.63) is 81.9 Å². The highest BCUT2D eigenvalue weighted by Crippen LogP contribution is 2.28. The van der Waals surface area contributed by atoms with Crippen molar-refractivity contribution in [2.24, 2.45) is 0 Å². The van der Waals surface area contributed by atoms with Gasteiger partial charge in [0, 0.05) is 5.69 Å². The van der Waals surface area contributed by atoms with Crippen LogP contribution in [0.25, 0.3) is 6.08 Å². The maximum Gasteiger partial charge on any atom is 0.272 e. The smallest absolute Gasteiger partial charge is 0.272 e. The highest BCUT2D eigenvalue weighted by molar-refractivity contribution is 7.12. The fourth-order valence-corrected chi connectivity index (χ4v) is 3.24. The summed E-state index contributed by atoms with van der Waals surface area (Å²) >= 11 is 1.25. The van der Waals surface area contributed by atoms with E-state index in [9.17, 15) is 14.0 Å². The van der Waals surface area contributed by atoms with E-state index in [0.29, 0.717) is 21.9 Å². The maximum absolute atomic E-state index is 13.5. The molecule has 0 saturated carbocycles. The van der Waals surface area contributed by atoms with E-state index >= 15 is 0 Å². The predicted molar refractivity (Wildman–Crippen MR) is 114 cm³/mol. The van der Waals surface area contributed by atoms with Gasteiger partial charge in [0.15, 0.2) is 11.5 Å². The van der Waals surface area contributed by atoms with Crippen LogP contribution in [0.15, 0.2) is 65.7 Å². The van der Waals surface area contributed by atoms with Crippen LogP contribution < -0.4 is 20.1 Å². The lowest BCUT2D eigenvalue weighted by molar-refractivity contribution is -0.113. The SMILES string of the molecule is COc1ccc(/C=C(/NC(=O)c2cccs2)C(=O)Nc2cccc(F)c2)cc1OC. The molecule has 0 unspecified atom stereocenters. The van der Waals surface area contributed by atoms with E-state index in [1.54, 1.807) is 41.8 Å². The summed E-state index contributed by atoms with van der Waals surface area (Å²) in [5.74, 6) is -0.504. The minimum atomic E-state index is -0.597. The zero-order valence-electron chi connectivity index (χ0n) is 16.3. The zero-order valence-corrected chi connectivity index (χ0v) is 17.1. The highest BCUT2D eigenvalue weighted by Gasteiger charge is 2.16. The second-order valence-electron chi connectivity index (χ2n) is 6.07. The third-order valence-corrected chi connectivity index (χ3v) is 4.91. The molecule has 2 N–H and O–H groups in total. The van der Waals surface area contributed by atoms with Crippen LogP contribution in [-0.2, 0) is 4.79 Å². The van der Waals surface area contributed by atoms with Gasteiger partial charge in [-0.15, -0.1) is 11.3 Å². The Hall–Kier alpha value is -3.65. The predicted octanol–water partition coefficient (Wildman–Crippen LogP) is 4.31. The number of amides is 2. The van der Waals surface area contributed by atoms with Gasteiger partial charge in [0.2, 0.25) is 0 Å². The van der Waals surface area contributed by atoms with Gasteiger partial charge in [-0.1, -0.05) is 18.2 Å². The van der Waals surface area contributed by atoms with E-state index in [4.69, 9.17) is 9.47 Å². The molecule has 0 fully saturated rings. The van der Waals surface area contributed by atoms with Gasteiger partial charge in [-0.2, -0.15) is 0 Å². The summed E-state index contributed by atoms with van der Waals surface area (Å²) in [5, 5.41) is 6.98. The van der Waals surface area contributed by atoms with Crippen molar-refractivity contribution in [1.29, 1.82) is 0 Å². The van der Waals surface area contributed by atoms with Crippen molar-refractivity contribution < 1.29 is 23.5 Å². The molecule has 0 aliphatic rings. The van der Waals surface area contributed by atoms with Crippen LogP contribution in [-0.4, -0.2) is 26.0 Å². The van der Waals surface area contributed by atoms with Crippen molar-refractivity contribution in [1.82, 2.24) is 5.32 Å². The quantitative estimate of drug-likeness (QED) is 0.552. The maximum atomic E-state index is 13.5. The third-order valence-electron chi connectivity index (χ3n) is 4.04. The van der Waals surface area contributed by atoms with Gasteiger partial charge in [-0.25, -0.2) is 4.39 Å². The molecule has 0 bridgehead atoms. The molecule has 2 amide bonds. The second-order valence-corrected chi connectivity index (χ2v) is 7.02. The lowest BCUT2D eigenvalue weighted by atomic mass is 10.1. The Labute approximate surface area is 177 Å². The molecule has 3 aromatic rings.